The van der Waals surface area contributed by atoms with Gasteiger partial charge in [0.25, 0.3) is 10.0 Å². The van der Waals surface area contributed by atoms with E-state index in [2.05, 4.69) is 14.9 Å². The zero-order chi connectivity index (χ0) is 14.8. The van der Waals surface area contributed by atoms with Crippen molar-refractivity contribution in [2.24, 2.45) is 0 Å². The van der Waals surface area contributed by atoms with Gasteiger partial charge in [-0.15, -0.1) is 21.5 Å². The summed E-state index contributed by atoms with van der Waals surface area (Å²) in [6, 6.07) is 3.43. The van der Waals surface area contributed by atoms with Gasteiger partial charge in [0.1, 0.15) is 4.21 Å². The van der Waals surface area contributed by atoms with E-state index < -0.39 is 10.0 Å². The second kappa shape index (κ2) is 6.02. The summed E-state index contributed by atoms with van der Waals surface area (Å²) in [4.78, 5) is 1.03. The molecule has 0 spiro atoms. The molecule has 2 rings (SSSR count). The highest BCUT2D eigenvalue weighted by molar-refractivity contribution is 7.91. The number of rotatable bonds is 6. The number of aryl methyl sites for hydroxylation is 1. The van der Waals surface area contributed by atoms with Crippen LogP contribution in [-0.2, 0) is 23.0 Å². The lowest BCUT2D eigenvalue weighted by Gasteiger charge is -2.01. The molecule has 0 bridgehead atoms. The Morgan fingerprint density at radius 3 is 2.65 bits per heavy atom. The smallest absolute Gasteiger partial charge is 0.250 e. The maximum atomic E-state index is 12.1. The van der Waals surface area contributed by atoms with Crippen LogP contribution in [0, 0.1) is 0 Å². The Bertz CT molecular complexity index is 674. The van der Waals surface area contributed by atoms with Crippen molar-refractivity contribution in [3.63, 3.8) is 0 Å². The van der Waals surface area contributed by atoms with Gasteiger partial charge in [-0.25, -0.2) is 13.1 Å². The number of aromatic nitrogens is 2. The van der Waals surface area contributed by atoms with Gasteiger partial charge in [-0.3, -0.25) is 0 Å². The molecule has 0 aliphatic heterocycles. The molecule has 2 heterocycles. The summed E-state index contributed by atoms with van der Waals surface area (Å²) in [5.41, 5.74) is 0. The Morgan fingerprint density at radius 2 is 2.10 bits per heavy atom. The Hall–Kier alpha value is -1.25. The fourth-order valence-electron chi connectivity index (χ4n) is 1.49. The van der Waals surface area contributed by atoms with Crippen molar-refractivity contribution in [1.29, 1.82) is 0 Å². The highest BCUT2D eigenvalue weighted by atomic mass is 32.2. The van der Waals surface area contributed by atoms with Crippen LogP contribution in [0.5, 0.6) is 0 Å². The number of nitrogens with one attached hydrogen (secondary N) is 1. The molecule has 1 N–H and O–H groups in total. The van der Waals surface area contributed by atoms with Crippen LogP contribution in [0.1, 0.15) is 43.3 Å². The van der Waals surface area contributed by atoms with Gasteiger partial charge in [-0.2, -0.15) is 0 Å². The Balaban J connectivity index is 2.04. The second-order valence-corrected chi connectivity index (χ2v) is 7.75. The molecule has 0 saturated heterocycles. The average molecular weight is 315 g/mol. The summed E-state index contributed by atoms with van der Waals surface area (Å²) in [6.45, 7) is 5.85. The van der Waals surface area contributed by atoms with Crippen LogP contribution in [-0.4, -0.2) is 18.6 Å². The van der Waals surface area contributed by atoms with Crippen molar-refractivity contribution in [2.45, 2.75) is 43.9 Å². The first-order valence-electron chi connectivity index (χ1n) is 6.33. The van der Waals surface area contributed by atoms with Crippen molar-refractivity contribution in [1.82, 2.24) is 14.9 Å². The predicted octanol–water partition coefficient (Wildman–Crippen LogP) is 2.30. The van der Waals surface area contributed by atoms with Gasteiger partial charge in [0.15, 0.2) is 0 Å². The zero-order valence-electron chi connectivity index (χ0n) is 11.6. The summed E-state index contributed by atoms with van der Waals surface area (Å²) in [7, 11) is -3.52. The molecule has 0 amide bonds. The molecule has 0 unspecified atom stereocenters. The minimum atomic E-state index is -3.52. The quantitative estimate of drug-likeness (QED) is 0.884. The molecule has 0 aromatic carbocycles. The predicted molar refractivity (Wildman–Crippen MR) is 76.1 cm³/mol. The van der Waals surface area contributed by atoms with Gasteiger partial charge in [0.05, 0.1) is 6.54 Å². The van der Waals surface area contributed by atoms with Crippen LogP contribution < -0.4 is 4.72 Å². The lowest BCUT2D eigenvalue weighted by molar-refractivity contribution is 0.427. The molecule has 2 aromatic heterocycles. The first kappa shape index (κ1) is 15.1. The Morgan fingerprint density at radius 1 is 1.35 bits per heavy atom. The molecular formula is C12H17N3O3S2. The molecule has 0 atom stereocenters. The Kier molecular flexibility index (Phi) is 4.56. The molecular weight excluding hydrogens is 298 g/mol. The largest absolute Gasteiger partial charge is 0.424 e. The molecule has 6 nitrogen and oxygen atoms in total. The van der Waals surface area contributed by atoms with Gasteiger partial charge < -0.3 is 4.42 Å². The lowest BCUT2D eigenvalue weighted by atomic mass is 10.2. The van der Waals surface area contributed by atoms with Crippen molar-refractivity contribution in [3.8, 4) is 0 Å². The maximum absolute atomic E-state index is 12.1. The van der Waals surface area contributed by atoms with Crippen LogP contribution in [0.4, 0.5) is 0 Å². The highest BCUT2D eigenvalue weighted by Crippen LogP contribution is 2.22. The first-order valence-corrected chi connectivity index (χ1v) is 8.63. The summed E-state index contributed by atoms with van der Waals surface area (Å²) in [5.74, 6) is 0.894. The van der Waals surface area contributed by atoms with Crippen molar-refractivity contribution in [3.05, 3.63) is 28.8 Å². The molecule has 0 aliphatic carbocycles. The molecule has 0 saturated carbocycles. The minimum Gasteiger partial charge on any atom is -0.424 e. The van der Waals surface area contributed by atoms with Crippen LogP contribution in [0.25, 0.3) is 0 Å². The van der Waals surface area contributed by atoms with Crippen molar-refractivity contribution >= 4 is 21.4 Å². The van der Waals surface area contributed by atoms with Gasteiger partial charge in [-0.1, -0.05) is 20.8 Å². The van der Waals surface area contributed by atoms with E-state index in [1.807, 2.05) is 26.8 Å². The minimum absolute atomic E-state index is 0.00140. The fourth-order valence-corrected chi connectivity index (χ4v) is 3.81. The van der Waals surface area contributed by atoms with E-state index in [1.165, 1.54) is 11.3 Å². The molecule has 8 heteroatoms. The van der Waals surface area contributed by atoms with Crippen LogP contribution >= 0.6 is 11.3 Å². The topological polar surface area (TPSA) is 85.1 Å². The van der Waals surface area contributed by atoms with E-state index in [1.54, 1.807) is 6.07 Å². The van der Waals surface area contributed by atoms with Crippen LogP contribution in [0.2, 0.25) is 0 Å². The first-order chi connectivity index (χ1) is 9.42. The zero-order valence-corrected chi connectivity index (χ0v) is 13.2. The SMILES string of the molecule is CCc1ccc(S(=O)(=O)NCc2nnc(C(C)C)o2)s1. The van der Waals surface area contributed by atoms with Crippen LogP contribution in [0.15, 0.2) is 20.8 Å². The molecule has 20 heavy (non-hydrogen) atoms. The van der Waals surface area contributed by atoms with E-state index in [9.17, 15) is 8.42 Å². The Labute approximate surface area is 122 Å². The van der Waals surface area contributed by atoms with E-state index in [0.29, 0.717) is 10.1 Å². The fraction of sp³-hybridized carbons (Fsp3) is 0.500. The number of sulfonamides is 1. The highest BCUT2D eigenvalue weighted by Gasteiger charge is 2.18. The molecule has 0 aliphatic rings. The third-order valence-electron chi connectivity index (χ3n) is 2.64. The lowest BCUT2D eigenvalue weighted by Crippen LogP contribution is -2.22. The third-order valence-corrected chi connectivity index (χ3v) is 5.76. The number of nitrogens with zero attached hydrogens (tertiary/aromatic N) is 2. The number of thiophene rings is 1. The molecule has 0 fully saturated rings. The van der Waals surface area contributed by atoms with Crippen molar-refractivity contribution in [2.75, 3.05) is 0 Å². The van der Waals surface area contributed by atoms with E-state index in [0.717, 1.165) is 11.3 Å². The van der Waals surface area contributed by atoms with E-state index in [4.69, 9.17) is 4.42 Å². The summed E-state index contributed by atoms with van der Waals surface area (Å²) in [5, 5.41) is 7.67. The molecule has 0 radical (unpaired) electrons. The van der Waals surface area contributed by atoms with Crippen LogP contribution in [0.3, 0.4) is 0 Å². The number of hydrogen-bond donors (Lipinski definition) is 1. The van der Waals surface area contributed by atoms with E-state index >= 15 is 0 Å². The third kappa shape index (κ3) is 3.44. The van der Waals surface area contributed by atoms with Gasteiger partial charge in [-0.05, 0) is 18.6 Å². The van der Waals surface area contributed by atoms with Gasteiger partial charge in [0.2, 0.25) is 11.8 Å². The molecule has 110 valence electrons. The summed E-state index contributed by atoms with van der Waals surface area (Å²) in [6.07, 6.45) is 0.821. The van der Waals surface area contributed by atoms with Gasteiger partial charge >= 0.3 is 0 Å². The number of hydrogen-bond acceptors (Lipinski definition) is 6. The normalized spacial score (nSPS) is 12.2. The van der Waals surface area contributed by atoms with Crippen molar-refractivity contribution < 1.29 is 12.8 Å². The monoisotopic (exact) mass is 315 g/mol. The standard InChI is InChI=1S/C12H17N3O3S2/c1-4-9-5-6-11(19-9)20(16,17)13-7-10-14-15-12(18-10)8(2)3/h5-6,8,13H,4,7H2,1-3H3. The molecule has 2 aromatic rings. The summed E-state index contributed by atoms with van der Waals surface area (Å²) < 4.78 is 32.3. The maximum Gasteiger partial charge on any atom is 0.250 e. The summed E-state index contributed by atoms with van der Waals surface area (Å²) >= 11 is 1.27. The van der Waals surface area contributed by atoms with E-state index in [-0.39, 0.29) is 18.4 Å². The average Bonchev–Trinajstić information content (AvgIpc) is 3.05. The second-order valence-electron chi connectivity index (χ2n) is 4.59. The van der Waals surface area contributed by atoms with Gasteiger partial charge in [0, 0.05) is 10.8 Å².